The molecule has 1 atom stereocenters. The fraction of sp³-hybridized carbons (Fsp3) is 0.500. The molecule has 1 aromatic heterocycles. The van der Waals surface area contributed by atoms with Crippen molar-refractivity contribution in [2.24, 2.45) is 5.92 Å². The molecule has 1 unspecified atom stereocenters. The number of anilines is 1. The average molecular weight is 220 g/mol. The molecule has 86 valence electrons. The number of aliphatic carboxylic acids is 1. The maximum atomic E-state index is 10.7. The van der Waals surface area contributed by atoms with Crippen LogP contribution in [-0.2, 0) is 4.79 Å². The summed E-state index contributed by atoms with van der Waals surface area (Å²) in [6.07, 6.45) is 5.94. The molecule has 2 heterocycles. The van der Waals surface area contributed by atoms with Gasteiger partial charge in [0.25, 0.3) is 0 Å². The van der Waals surface area contributed by atoms with Crippen molar-refractivity contribution >= 4 is 11.7 Å². The van der Waals surface area contributed by atoms with Crippen molar-refractivity contribution < 1.29 is 9.90 Å². The first-order chi connectivity index (χ1) is 7.75. The Morgan fingerprint density at radius 2 is 2.50 bits per heavy atom. The number of carbonyl (C=O) groups is 1. The predicted molar refractivity (Wildman–Crippen MR) is 61.4 cm³/mol. The Balaban J connectivity index is 1.99. The maximum absolute atomic E-state index is 10.7. The van der Waals surface area contributed by atoms with Crippen LogP contribution >= 0.6 is 0 Å². The number of rotatable bonds is 3. The Bertz CT molecular complexity index is 353. The van der Waals surface area contributed by atoms with Gasteiger partial charge in [0.2, 0.25) is 0 Å². The minimum atomic E-state index is -0.696. The first kappa shape index (κ1) is 10.9. The molecule has 0 saturated carbocycles. The molecule has 0 bridgehead atoms. The van der Waals surface area contributed by atoms with Gasteiger partial charge in [-0.05, 0) is 30.9 Å². The third kappa shape index (κ3) is 2.72. The lowest BCUT2D eigenvalue weighted by Gasteiger charge is -2.33. The zero-order valence-corrected chi connectivity index (χ0v) is 9.17. The number of carboxylic acids is 1. The second-order valence-corrected chi connectivity index (χ2v) is 4.26. The van der Waals surface area contributed by atoms with E-state index in [1.165, 1.54) is 0 Å². The van der Waals surface area contributed by atoms with Crippen molar-refractivity contribution in [1.29, 1.82) is 0 Å². The van der Waals surface area contributed by atoms with Crippen LogP contribution in [0.5, 0.6) is 0 Å². The van der Waals surface area contributed by atoms with E-state index in [2.05, 4.69) is 9.88 Å². The fourth-order valence-electron chi connectivity index (χ4n) is 2.25. The highest BCUT2D eigenvalue weighted by atomic mass is 16.4. The zero-order valence-electron chi connectivity index (χ0n) is 9.17. The molecule has 0 spiro atoms. The predicted octanol–water partition coefficient (Wildman–Crippen LogP) is 1.77. The Hall–Kier alpha value is -1.58. The summed E-state index contributed by atoms with van der Waals surface area (Å²) in [5, 5.41) is 8.79. The van der Waals surface area contributed by atoms with Crippen LogP contribution in [0.15, 0.2) is 24.5 Å². The standard InChI is InChI=1S/C12H16N2O2/c15-12(16)7-10-3-2-6-14(9-10)11-4-1-5-13-8-11/h1,4-5,8,10H,2-3,6-7,9H2,(H,15,16). The van der Waals surface area contributed by atoms with Gasteiger partial charge in [0, 0.05) is 25.7 Å². The molecule has 1 aliphatic heterocycles. The van der Waals surface area contributed by atoms with E-state index in [1.54, 1.807) is 6.20 Å². The number of hydrogen-bond acceptors (Lipinski definition) is 3. The van der Waals surface area contributed by atoms with Crippen molar-refractivity contribution in [2.75, 3.05) is 18.0 Å². The molecule has 16 heavy (non-hydrogen) atoms. The highest BCUT2D eigenvalue weighted by molar-refractivity contribution is 5.67. The topological polar surface area (TPSA) is 53.4 Å². The first-order valence-corrected chi connectivity index (χ1v) is 5.62. The summed E-state index contributed by atoms with van der Waals surface area (Å²) in [4.78, 5) is 17.0. The molecule has 4 heteroatoms. The van der Waals surface area contributed by atoms with Crippen LogP contribution in [0.4, 0.5) is 5.69 Å². The summed E-state index contributed by atoms with van der Waals surface area (Å²) in [6, 6.07) is 3.94. The molecule has 2 rings (SSSR count). The normalized spacial score (nSPS) is 20.8. The molecule has 0 aliphatic carbocycles. The highest BCUT2D eigenvalue weighted by Gasteiger charge is 2.22. The SMILES string of the molecule is O=C(O)CC1CCCN(c2cccnc2)C1. The fourth-order valence-corrected chi connectivity index (χ4v) is 2.25. The lowest BCUT2D eigenvalue weighted by atomic mass is 9.94. The minimum Gasteiger partial charge on any atom is -0.481 e. The Morgan fingerprint density at radius 1 is 1.62 bits per heavy atom. The zero-order chi connectivity index (χ0) is 11.4. The molecule has 0 amide bonds. The third-order valence-corrected chi connectivity index (χ3v) is 2.99. The van der Waals surface area contributed by atoms with Crippen molar-refractivity contribution in [2.45, 2.75) is 19.3 Å². The van der Waals surface area contributed by atoms with E-state index >= 15 is 0 Å². The number of nitrogens with zero attached hydrogens (tertiary/aromatic N) is 2. The van der Waals surface area contributed by atoms with Gasteiger partial charge in [-0.15, -0.1) is 0 Å². The molecular formula is C12H16N2O2. The summed E-state index contributed by atoms with van der Waals surface area (Å²) >= 11 is 0. The molecule has 1 fully saturated rings. The van der Waals surface area contributed by atoms with Crippen LogP contribution in [0.25, 0.3) is 0 Å². The summed E-state index contributed by atoms with van der Waals surface area (Å²) in [5.74, 6) is -0.426. The van der Waals surface area contributed by atoms with Gasteiger partial charge in [-0.2, -0.15) is 0 Å². The average Bonchev–Trinajstić information content (AvgIpc) is 2.30. The van der Waals surface area contributed by atoms with Crippen molar-refractivity contribution in [1.82, 2.24) is 4.98 Å². The summed E-state index contributed by atoms with van der Waals surface area (Å²) in [6.45, 7) is 1.83. The Kier molecular flexibility index (Phi) is 3.39. The van der Waals surface area contributed by atoms with Crippen LogP contribution in [0.2, 0.25) is 0 Å². The van der Waals surface area contributed by atoms with Gasteiger partial charge < -0.3 is 10.0 Å². The molecule has 1 aliphatic rings. The highest BCUT2D eigenvalue weighted by Crippen LogP contribution is 2.24. The van der Waals surface area contributed by atoms with E-state index in [1.807, 2.05) is 18.3 Å². The van der Waals surface area contributed by atoms with Crippen LogP contribution < -0.4 is 4.90 Å². The van der Waals surface area contributed by atoms with Crippen molar-refractivity contribution in [3.05, 3.63) is 24.5 Å². The van der Waals surface area contributed by atoms with Crippen LogP contribution in [0.1, 0.15) is 19.3 Å². The van der Waals surface area contributed by atoms with Gasteiger partial charge in [-0.1, -0.05) is 0 Å². The molecule has 1 aromatic rings. The molecule has 4 nitrogen and oxygen atoms in total. The second-order valence-electron chi connectivity index (χ2n) is 4.26. The van der Waals surface area contributed by atoms with E-state index in [0.717, 1.165) is 31.6 Å². The van der Waals surface area contributed by atoms with E-state index < -0.39 is 5.97 Å². The monoisotopic (exact) mass is 220 g/mol. The van der Waals surface area contributed by atoms with E-state index in [-0.39, 0.29) is 12.3 Å². The molecular weight excluding hydrogens is 204 g/mol. The molecule has 0 radical (unpaired) electrons. The maximum Gasteiger partial charge on any atom is 0.303 e. The van der Waals surface area contributed by atoms with Crippen LogP contribution in [-0.4, -0.2) is 29.1 Å². The largest absolute Gasteiger partial charge is 0.481 e. The van der Waals surface area contributed by atoms with Crippen molar-refractivity contribution in [3.63, 3.8) is 0 Å². The lowest BCUT2D eigenvalue weighted by Crippen LogP contribution is -2.36. The lowest BCUT2D eigenvalue weighted by molar-refractivity contribution is -0.138. The van der Waals surface area contributed by atoms with Crippen molar-refractivity contribution in [3.8, 4) is 0 Å². The van der Waals surface area contributed by atoms with E-state index in [0.29, 0.717) is 0 Å². The number of piperidine rings is 1. The van der Waals surface area contributed by atoms with Gasteiger partial charge in [-0.25, -0.2) is 0 Å². The quantitative estimate of drug-likeness (QED) is 0.843. The number of aromatic nitrogens is 1. The second kappa shape index (κ2) is 4.96. The molecule has 0 aromatic carbocycles. The summed E-state index contributed by atoms with van der Waals surface area (Å²) in [7, 11) is 0. The number of hydrogen-bond donors (Lipinski definition) is 1. The summed E-state index contributed by atoms with van der Waals surface area (Å²) in [5.41, 5.74) is 1.09. The van der Waals surface area contributed by atoms with Gasteiger partial charge in [0.05, 0.1) is 11.9 Å². The van der Waals surface area contributed by atoms with Gasteiger partial charge in [-0.3, -0.25) is 9.78 Å². The van der Waals surface area contributed by atoms with Crippen LogP contribution in [0.3, 0.4) is 0 Å². The smallest absolute Gasteiger partial charge is 0.303 e. The van der Waals surface area contributed by atoms with Gasteiger partial charge in [0.15, 0.2) is 0 Å². The summed E-state index contributed by atoms with van der Waals surface area (Å²) < 4.78 is 0. The van der Waals surface area contributed by atoms with Gasteiger partial charge in [0.1, 0.15) is 0 Å². The Morgan fingerprint density at radius 3 is 3.19 bits per heavy atom. The molecule has 1 saturated heterocycles. The molecule has 1 N–H and O–H groups in total. The van der Waals surface area contributed by atoms with E-state index in [9.17, 15) is 4.79 Å². The number of carboxylic acid groups (broad SMARTS) is 1. The third-order valence-electron chi connectivity index (χ3n) is 2.99. The van der Waals surface area contributed by atoms with E-state index in [4.69, 9.17) is 5.11 Å². The Labute approximate surface area is 94.9 Å². The first-order valence-electron chi connectivity index (χ1n) is 5.62. The van der Waals surface area contributed by atoms with Gasteiger partial charge >= 0.3 is 5.97 Å². The number of pyridine rings is 1. The minimum absolute atomic E-state index is 0.270. The van der Waals surface area contributed by atoms with Crippen LogP contribution in [0, 0.1) is 5.92 Å².